The highest BCUT2D eigenvalue weighted by Gasteiger charge is 2.31. The van der Waals surface area contributed by atoms with E-state index in [4.69, 9.17) is 11.6 Å². The lowest BCUT2D eigenvalue weighted by Crippen LogP contribution is -2.56. The third kappa shape index (κ3) is 4.62. The number of halogens is 2. The van der Waals surface area contributed by atoms with Crippen LogP contribution in [-0.4, -0.2) is 53.8 Å². The standard InChI is InChI=1S/C17H22ClN3O2.ClH/c18-14-6-4-13(5-7-14)11-20-9-10-21(12-16(20)22)17(23)15-3-1-2-8-19-15;/h4-7,15,19H,1-3,8-12H2;1H. The molecule has 2 amide bonds. The minimum absolute atomic E-state index is 0. The van der Waals surface area contributed by atoms with Gasteiger partial charge in [-0.2, -0.15) is 0 Å². The van der Waals surface area contributed by atoms with Crippen molar-refractivity contribution in [3.05, 3.63) is 34.9 Å². The van der Waals surface area contributed by atoms with Crippen LogP contribution in [0.25, 0.3) is 0 Å². The van der Waals surface area contributed by atoms with E-state index in [1.54, 1.807) is 9.80 Å². The second kappa shape index (κ2) is 8.70. The average molecular weight is 372 g/mol. The van der Waals surface area contributed by atoms with Crippen LogP contribution in [0.3, 0.4) is 0 Å². The molecule has 1 atom stereocenters. The van der Waals surface area contributed by atoms with E-state index in [0.717, 1.165) is 31.4 Å². The molecule has 2 fully saturated rings. The first kappa shape index (κ1) is 19.0. The SMILES string of the molecule is Cl.O=C1CN(C(=O)C2CCCCN2)CCN1Cc1ccc(Cl)cc1. The van der Waals surface area contributed by atoms with E-state index in [-0.39, 0.29) is 36.8 Å². The van der Waals surface area contributed by atoms with Gasteiger partial charge < -0.3 is 15.1 Å². The summed E-state index contributed by atoms with van der Waals surface area (Å²) in [6, 6.07) is 7.41. The smallest absolute Gasteiger partial charge is 0.242 e. The number of nitrogens with one attached hydrogen (secondary N) is 1. The van der Waals surface area contributed by atoms with Gasteiger partial charge in [0.15, 0.2) is 0 Å². The van der Waals surface area contributed by atoms with Gasteiger partial charge in [0.25, 0.3) is 0 Å². The van der Waals surface area contributed by atoms with Crippen LogP contribution in [0, 0.1) is 0 Å². The van der Waals surface area contributed by atoms with E-state index in [1.165, 1.54) is 0 Å². The Balaban J connectivity index is 0.00000208. The molecule has 1 N–H and O–H groups in total. The van der Waals surface area contributed by atoms with E-state index in [1.807, 2.05) is 24.3 Å². The number of hydrogen-bond acceptors (Lipinski definition) is 3. The molecule has 0 aliphatic carbocycles. The van der Waals surface area contributed by atoms with Crippen molar-refractivity contribution in [3.63, 3.8) is 0 Å². The molecular formula is C17H23Cl2N3O2. The summed E-state index contributed by atoms with van der Waals surface area (Å²) in [4.78, 5) is 28.3. The zero-order chi connectivity index (χ0) is 16.2. The summed E-state index contributed by atoms with van der Waals surface area (Å²) in [6.45, 7) is 2.83. The molecule has 3 rings (SSSR count). The molecule has 0 saturated carbocycles. The Morgan fingerprint density at radius 2 is 1.96 bits per heavy atom. The van der Waals surface area contributed by atoms with E-state index in [0.29, 0.717) is 24.7 Å². The number of rotatable bonds is 3. The molecular weight excluding hydrogens is 349 g/mol. The molecule has 0 bridgehead atoms. The van der Waals surface area contributed by atoms with Gasteiger partial charge in [0.2, 0.25) is 11.8 Å². The molecule has 5 nitrogen and oxygen atoms in total. The van der Waals surface area contributed by atoms with Crippen LogP contribution in [0.2, 0.25) is 5.02 Å². The van der Waals surface area contributed by atoms with Crippen molar-refractivity contribution < 1.29 is 9.59 Å². The van der Waals surface area contributed by atoms with Crippen LogP contribution in [0.5, 0.6) is 0 Å². The fourth-order valence-corrected chi connectivity index (χ4v) is 3.28. The van der Waals surface area contributed by atoms with Gasteiger partial charge in [0, 0.05) is 24.7 Å². The quantitative estimate of drug-likeness (QED) is 0.884. The maximum atomic E-state index is 12.5. The lowest BCUT2D eigenvalue weighted by molar-refractivity contribution is -0.147. The molecule has 132 valence electrons. The van der Waals surface area contributed by atoms with Crippen LogP contribution in [-0.2, 0) is 16.1 Å². The van der Waals surface area contributed by atoms with Crippen molar-refractivity contribution in [2.75, 3.05) is 26.2 Å². The molecule has 1 aromatic carbocycles. The van der Waals surface area contributed by atoms with Crippen LogP contribution >= 0.6 is 24.0 Å². The number of nitrogens with zero attached hydrogens (tertiary/aromatic N) is 2. The molecule has 2 aliphatic heterocycles. The van der Waals surface area contributed by atoms with Crippen molar-refractivity contribution >= 4 is 35.8 Å². The third-order valence-electron chi connectivity index (χ3n) is 4.53. The summed E-state index contributed by atoms with van der Waals surface area (Å²) >= 11 is 5.88. The van der Waals surface area contributed by atoms with Gasteiger partial charge in [-0.3, -0.25) is 9.59 Å². The Bertz CT molecular complexity index is 574. The second-order valence-electron chi connectivity index (χ2n) is 6.20. The Hall–Kier alpha value is -1.30. The van der Waals surface area contributed by atoms with Crippen LogP contribution in [0.4, 0.5) is 0 Å². The topological polar surface area (TPSA) is 52.7 Å². The van der Waals surface area contributed by atoms with Gasteiger partial charge >= 0.3 is 0 Å². The molecule has 0 aromatic heterocycles. The number of benzene rings is 1. The van der Waals surface area contributed by atoms with E-state index in [9.17, 15) is 9.59 Å². The molecule has 0 spiro atoms. The van der Waals surface area contributed by atoms with Gasteiger partial charge in [0.05, 0.1) is 12.6 Å². The molecule has 0 radical (unpaired) electrons. The maximum absolute atomic E-state index is 12.5. The lowest BCUT2D eigenvalue weighted by Gasteiger charge is -2.37. The van der Waals surface area contributed by atoms with Crippen LogP contribution < -0.4 is 5.32 Å². The summed E-state index contributed by atoms with van der Waals surface area (Å²) in [5.74, 6) is 0.0829. The first-order valence-corrected chi connectivity index (χ1v) is 8.55. The summed E-state index contributed by atoms with van der Waals surface area (Å²) in [7, 11) is 0. The molecule has 2 saturated heterocycles. The van der Waals surface area contributed by atoms with Crippen LogP contribution in [0.1, 0.15) is 24.8 Å². The van der Waals surface area contributed by atoms with Crippen molar-refractivity contribution in [3.8, 4) is 0 Å². The Morgan fingerprint density at radius 3 is 2.58 bits per heavy atom. The number of piperazine rings is 1. The summed E-state index contributed by atoms with van der Waals surface area (Å²) in [5, 5.41) is 3.95. The number of carbonyl (C=O) groups excluding carboxylic acids is 2. The molecule has 2 heterocycles. The number of amides is 2. The first-order valence-electron chi connectivity index (χ1n) is 8.18. The minimum atomic E-state index is -0.112. The Kier molecular flexibility index (Phi) is 6.90. The van der Waals surface area contributed by atoms with E-state index >= 15 is 0 Å². The van der Waals surface area contributed by atoms with Gasteiger partial charge in [-0.15, -0.1) is 12.4 Å². The van der Waals surface area contributed by atoms with Crippen molar-refractivity contribution in [2.45, 2.75) is 31.8 Å². The molecule has 1 unspecified atom stereocenters. The van der Waals surface area contributed by atoms with Crippen molar-refractivity contribution in [2.24, 2.45) is 0 Å². The van der Waals surface area contributed by atoms with Crippen LogP contribution in [0.15, 0.2) is 24.3 Å². The lowest BCUT2D eigenvalue weighted by atomic mass is 10.0. The fraction of sp³-hybridized carbons (Fsp3) is 0.529. The average Bonchev–Trinajstić information content (AvgIpc) is 2.59. The highest BCUT2D eigenvalue weighted by atomic mass is 35.5. The number of hydrogen-bond donors (Lipinski definition) is 1. The van der Waals surface area contributed by atoms with E-state index in [2.05, 4.69) is 5.32 Å². The number of piperidine rings is 1. The van der Waals surface area contributed by atoms with Gasteiger partial charge in [-0.25, -0.2) is 0 Å². The van der Waals surface area contributed by atoms with Gasteiger partial charge in [-0.05, 0) is 37.1 Å². The monoisotopic (exact) mass is 371 g/mol. The summed E-state index contributed by atoms with van der Waals surface area (Å²) in [5.41, 5.74) is 1.05. The summed E-state index contributed by atoms with van der Waals surface area (Å²) < 4.78 is 0. The molecule has 24 heavy (non-hydrogen) atoms. The van der Waals surface area contributed by atoms with Gasteiger partial charge in [0.1, 0.15) is 0 Å². The van der Waals surface area contributed by atoms with Crippen molar-refractivity contribution in [1.29, 1.82) is 0 Å². The normalized spacial score (nSPS) is 21.4. The fourth-order valence-electron chi connectivity index (χ4n) is 3.16. The van der Waals surface area contributed by atoms with E-state index < -0.39 is 0 Å². The Morgan fingerprint density at radius 1 is 1.21 bits per heavy atom. The highest BCUT2D eigenvalue weighted by molar-refractivity contribution is 6.30. The van der Waals surface area contributed by atoms with Crippen molar-refractivity contribution in [1.82, 2.24) is 15.1 Å². The number of carbonyl (C=O) groups is 2. The maximum Gasteiger partial charge on any atom is 0.242 e. The molecule has 2 aliphatic rings. The largest absolute Gasteiger partial charge is 0.335 e. The first-order chi connectivity index (χ1) is 11.1. The highest BCUT2D eigenvalue weighted by Crippen LogP contribution is 2.15. The minimum Gasteiger partial charge on any atom is -0.335 e. The molecule has 1 aromatic rings. The zero-order valence-electron chi connectivity index (χ0n) is 13.5. The third-order valence-corrected chi connectivity index (χ3v) is 4.78. The zero-order valence-corrected chi connectivity index (χ0v) is 15.1. The predicted octanol–water partition coefficient (Wildman–Crippen LogP) is 2.07. The molecule has 7 heteroatoms. The predicted molar refractivity (Wildman–Crippen MR) is 96.3 cm³/mol. The Labute approximate surface area is 153 Å². The van der Waals surface area contributed by atoms with Gasteiger partial charge in [-0.1, -0.05) is 30.2 Å². The second-order valence-corrected chi connectivity index (χ2v) is 6.64. The summed E-state index contributed by atoms with van der Waals surface area (Å²) in [6.07, 6.45) is 3.07.